The summed E-state index contributed by atoms with van der Waals surface area (Å²) in [6.07, 6.45) is 0.559. The lowest BCUT2D eigenvalue weighted by molar-refractivity contribution is -0.138. The number of hydrogen-bond donors (Lipinski definition) is 0. The number of carbonyl (C=O) groups is 2. The Morgan fingerprint density at radius 3 is 2.17 bits per heavy atom. The van der Waals surface area contributed by atoms with Crippen molar-refractivity contribution >= 4 is 11.9 Å². The normalized spacial score (nSPS) is 22.0. The molecular formula is C18H26N2O3. The van der Waals surface area contributed by atoms with Gasteiger partial charge in [0.25, 0.3) is 0 Å². The molecule has 1 heterocycles. The summed E-state index contributed by atoms with van der Waals surface area (Å²) >= 11 is 0. The second-order valence-electron chi connectivity index (χ2n) is 6.24. The number of ether oxygens (including phenoxy) is 1. The van der Waals surface area contributed by atoms with Crippen LogP contribution in [0.3, 0.4) is 0 Å². The van der Waals surface area contributed by atoms with Crippen LogP contribution in [-0.4, -0.2) is 54.0 Å². The fourth-order valence-corrected chi connectivity index (χ4v) is 3.36. The molecule has 1 aliphatic heterocycles. The lowest BCUT2D eigenvalue weighted by atomic mass is 10.1. The minimum atomic E-state index is -0.314. The van der Waals surface area contributed by atoms with Gasteiger partial charge in [0.15, 0.2) is 0 Å². The van der Waals surface area contributed by atoms with Crippen molar-refractivity contribution < 1.29 is 14.3 Å². The van der Waals surface area contributed by atoms with Crippen molar-refractivity contribution in [1.82, 2.24) is 9.80 Å². The van der Waals surface area contributed by atoms with Gasteiger partial charge in [-0.25, -0.2) is 4.79 Å². The van der Waals surface area contributed by atoms with Crippen LogP contribution in [0.2, 0.25) is 0 Å². The molecule has 1 amide bonds. The van der Waals surface area contributed by atoms with Crippen LogP contribution < -0.4 is 0 Å². The van der Waals surface area contributed by atoms with E-state index in [2.05, 4.69) is 18.7 Å². The molecule has 0 aliphatic carbocycles. The number of piperazine rings is 1. The Morgan fingerprint density at radius 2 is 1.70 bits per heavy atom. The first-order chi connectivity index (χ1) is 11.0. The van der Waals surface area contributed by atoms with E-state index in [1.165, 1.54) is 7.11 Å². The highest BCUT2D eigenvalue weighted by Crippen LogP contribution is 2.19. The first kappa shape index (κ1) is 17.5. The zero-order valence-corrected chi connectivity index (χ0v) is 14.4. The quantitative estimate of drug-likeness (QED) is 0.799. The summed E-state index contributed by atoms with van der Waals surface area (Å²) in [5.41, 5.74) is 1.73. The van der Waals surface area contributed by atoms with Crippen LogP contribution in [0, 0.1) is 0 Å². The first-order valence-electron chi connectivity index (χ1n) is 8.17. The smallest absolute Gasteiger partial charge is 0.337 e. The van der Waals surface area contributed by atoms with Crippen molar-refractivity contribution in [3.63, 3.8) is 0 Å². The molecule has 2 rings (SSSR count). The van der Waals surface area contributed by atoms with Crippen molar-refractivity contribution in [2.75, 3.05) is 20.2 Å². The summed E-state index contributed by atoms with van der Waals surface area (Å²) < 4.78 is 4.71. The third-order valence-corrected chi connectivity index (χ3v) is 4.37. The minimum Gasteiger partial charge on any atom is -0.465 e. The van der Waals surface area contributed by atoms with Crippen LogP contribution in [0.25, 0.3) is 0 Å². The molecule has 5 nitrogen and oxygen atoms in total. The van der Waals surface area contributed by atoms with Crippen molar-refractivity contribution in [3.05, 3.63) is 35.4 Å². The molecule has 1 fully saturated rings. The predicted octanol–water partition coefficient (Wildman–Crippen LogP) is 2.30. The number of esters is 1. The van der Waals surface area contributed by atoms with E-state index in [0.29, 0.717) is 12.0 Å². The van der Waals surface area contributed by atoms with E-state index in [9.17, 15) is 9.59 Å². The van der Waals surface area contributed by atoms with E-state index in [-0.39, 0.29) is 24.0 Å². The molecule has 0 unspecified atom stereocenters. The van der Waals surface area contributed by atoms with Crippen LogP contribution in [-0.2, 0) is 16.1 Å². The highest BCUT2D eigenvalue weighted by Gasteiger charge is 2.31. The van der Waals surface area contributed by atoms with Crippen LogP contribution in [0.15, 0.2) is 24.3 Å². The van der Waals surface area contributed by atoms with Crippen molar-refractivity contribution in [2.24, 2.45) is 0 Å². The van der Waals surface area contributed by atoms with Crippen LogP contribution in [0.1, 0.15) is 43.1 Å². The van der Waals surface area contributed by atoms with Gasteiger partial charge in [-0.3, -0.25) is 9.69 Å². The topological polar surface area (TPSA) is 49.9 Å². The summed E-state index contributed by atoms with van der Waals surface area (Å²) in [6.45, 7) is 8.69. The average molecular weight is 318 g/mol. The van der Waals surface area contributed by atoms with Crippen LogP contribution in [0.5, 0.6) is 0 Å². The van der Waals surface area contributed by atoms with Crippen LogP contribution >= 0.6 is 0 Å². The van der Waals surface area contributed by atoms with Gasteiger partial charge < -0.3 is 9.64 Å². The van der Waals surface area contributed by atoms with Gasteiger partial charge >= 0.3 is 5.97 Å². The summed E-state index contributed by atoms with van der Waals surface area (Å²) in [6, 6.07) is 7.97. The molecule has 126 valence electrons. The number of nitrogens with zero attached hydrogens (tertiary/aromatic N) is 2. The van der Waals surface area contributed by atoms with E-state index in [0.717, 1.165) is 25.2 Å². The second kappa shape index (κ2) is 7.59. The van der Waals surface area contributed by atoms with Gasteiger partial charge in [0, 0.05) is 38.1 Å². The third kappa shape index (κ3) is 4.10. The van der Waals surface area contributed by atoms with Gasteiger partial charge in [-0.2, -0.15) is 0 Å². The summed E-state index contributed by atoms with van der Waals surface area (Å²) in [7, 11) is 1.39. The number of hydrogen-bond acceptors (Lipinski definition) is 4. The average Bonchev–Trinajstić information content (AvgIpc) is 2.54. The highest BCUT2D eigenvalue weighted by atomic mass is 16.5. The zero-order chi connectivity index (χ0) is 17.0. The van der Waals surface area contributed by atoms with Crippen molar-refractivity contribution in [3.8, 4) is 0 Å². The molecule has 1 aromatic carbocycles. The van der Waals surface area contributed by atoms with Gasteiger partial charge in [0.1, 0.15) is 0 Å². The third-order valence-electron chi connectivity index (χ3n) is 4.37. The molecule has 2 atom stereocenters. The molecule has 0 saturated carbocycles. The molecule has 1 saturated heterocycles. The fourth-order valence-electron chi connectivity index (χ4n) is 3.36. The van der Waals surface area contributed by atoms with E-state index in [1.807, 2.05) is 24.0 Å². The standard InChI is InChI=1S/C18H26N2O3/c1-5-17(21)20-13(2)10-19(11-14(20)3)12-15-6-8-16(9-7-15)18(22)23-4/h6-9,13-14H,5,10-12H2,1-4H3/t13-,14+. The number of benzene rings is 1. The first-order valence-corrected chi connectivity index (χ1v) is 8.17. The van der Waals surface area contributed by atoms with E-state index in [1.54, 1.807) is 12.1 Å². The lowest BCUT2D eigenvalue weighted by Crippen LogP contribution is -2.58. The zero-order valence-electron chi connectivity index (χ0n) is 14.4. The van der Waals surface area contributed by atoms with Gasteiger partial charge in [-0.15, -0.1) is 0 Å². The molecule has 0 N–H and O–H groups in total. The van der Waals surface area contributed by atoms with E-state index < -0.39 is 0 Å². The fraction of sp³-hybridized carbons (Fsp3) is 0.556. The maximum Gasteiger partial charge on any atom is 0.337 e. The molecule has 0 spiro atoms. The van der Waals surface area contributed by atoms with E-state index in [4.69, 9.17) is 4.74 Å². The van der Waals surface area contributed by atoms with Gasteiger partial charge in [-0.1, -0.05) is 19.1 Å². The summed E-state index contributed by atoms with van der Waals surface area (Å²) in [5.74, 6) is -0.0856. The number of amides is 1. The maximum atomic E-state index is 12.0. The molecular weight excluding hydrogens is 292 g/mol. The highest BCUT2D eigenvalue weighted by molar-refractivity contribution is 5.89. The predicted molar refractivity (Wildman–Crippen MR) is 89.1 cm³/mol. The number of carbonyl (C=O) groups excluding carboxylic acids is 2. The lowest BCUT2D eigenvalue weighted by Gasteiger charge is -2.44. The second-order valence-corrected chi connectivity index (χ2v) is 6.24. The Labute approximate surface area is 138 Å². The minimum absolute atomic E-state index is 0.223. The van der Waals surface area contributed by atoms with Gasteiger partial charge in [0.05, 0.1) is 12.7 Å². The molecule has 0 radical (unpaired) electrons. The molecule has 0 bridgehead atoms. The van der Waals surface area contributed by atoms with Gasteiger partial charge in [-0.05, 0) is 31.5 Å². The maximum absolute atomic E-state index is 12.0. The Morgan fingerprint density at radius 1 is 1.13 bits per heavy atom. The Bertz CT molecular complexity index is 544. The largest absolute Gasteiger partial charge is 0.465 e. The monoisotopic (exact) mass is 318 g/mol. The van der Waals surface area contributed by atoms with Crippen molar-refractivity contribution in [2.45, 2.75) is 45.8 Å². The Kier molecular flexibility index (Phi) is 5.77. The molecule has 0 aromatic heterocycles. The number of methoxy groups -OCH3 is 1. The molecule has 5 heteroatoms. The summed E-state index contributed by atoms with van der Waals surface area (Å²) in [5, 5.41) is 0. The Balaban J connectivity index is 1.99. The molecule has 1 aromatic rings. The summed E-state index contributed by atoms with van der Waals surface area (Å²) in [4.78, 5) is 27.9. The SMILES string of the molecule is CCC(=O)N1[C@H](C)CN(Cc2ccc(C(=O)OC)cc2)C[C@@H]1C. The van der Waals surface area contributed by atoms with Crippen molar-refractivity contribution in [1.29, 1.82) is 0 Å². The Hall–Kier alpha value is -1.88. The number of rotatable bonds is 4. The van der Waals surface area contributed by atoms with E-state index >= 15 is 0 Å². The van der Waals surface area contributed by atoms with Gasteiger partial charge in [0.2, 0.25) is 5.91 Å². The molecule has 1 aliphatic rings. The molecule has 23 heavy (non-hydrogen) atoms. The van der Waals surface area contributed by atoms with Crippen LogP contribution in [0.4, 0.5) is 0 Å².